The van der Waals surface area contributed by atoms with Crippen LogP contribution in [0.15, 0.2) is 0 Å². The molecule has 0 aromatic heterocycles. The van der Waals surface area contributed by atoms with Gasteiger partial charge in [-0.1, -0.05) is 6.42 Å². The van der Waals surface area contributed by atoms with E-state index in [1.165, 1.54) is 6.92 Å². The molecule has 0 unspecified atom stereocenters. The summed E-state index contributed by atoms with van der Waals surface area (Å²) in [6.45, 7) is 1.74. The Morgan fingerprint density at radius 1 is 1.16 bits per heavy atom. The first kappa shape index (κ1) is 17.4. The van der Waals surface area contributed by atoms with Crippen molar-refractivity contribution in [3.63, 3.8) is 0 Å². The topological polar surface area (TPSA) is 116 Å². The number of aliphatic hydroxyl groups is 1. The summed E-state index contributed by atoms with van der Waals surface area (Å²) >= 11 is 0. The van der Waals surface area contributed by atoms with Gasteiger partial charge in [-0.3, -0.25) is 9.59 Å². The lowest BCUT2D eigenvalue weighted by Crippen LogP contribution is -2.41. The van der Waals surface area contributed by atoms with Crippen molar-refractivity contribution in [1.82, 2.24) is 10.6 Å². The number of carbonyl (C=O) groups is 3. The number of aliphatic carboxylic acids is 1. The Balaban J connectivity index is 3.68. The van der Waals surface area contributed by atoms with Crippen LogP contribution in [0.5, 0.6) is 0 Å². The van der Waals surface area contributed by atoms with Crippen molar-refractivity contribution in [2.45, 2.75) is 45.1 Å². The Bertz CT molecular complexity index is 306. The minimum atomic E-state index is -1.15. The van der Waals surface area contributed by atoms with Crippen LogP contribution in [-0.2, 0) is 14.4 Å². The van der Waals surface area contributed by atoms with Gasteiger partial charge in [-0.05, 0) is 12.8 Å². The molecule has 7 heteroatoms. The molecule has 0 spiro atoms. The molecular weight excluding hydrogens is 252 g/mol. The monoisotopic (exact) mass is 274 g/mol. The molecule has 0 aromatic rings. The Labute approximate surface area is 112 Å². The number of aliphatic hydroxyl groups excluding tert-OH is 1. The Morgan fingerprint density at radius 3 is 2.37 bits per heavy atom. The number of amides is 2. The molecular formula is C12H22N2O5. The van der Waals surface area contributed by atoms with Gasteiger partial charge in [0.15, 0.2) is 0 Å². The third-order valence-electron chi connectivity index (χ3n) is 2.51. The van der Waals surface area contributed by atoms with Crippen LogP contribution in [0.25, 0.3) is 0 Å². The zero-order chi connectivity index (χ0) is 14.7. The minimum Gasteiger partial charge on any atom is -0.480 e. The second kappa shape index (κ2) is 10.3. The normalized spacial score (nSPS) is 11.7. The molecule has 0 bridgehead atoms. The molecule has 0 aromatic carbocycles. The lowest BCUT2D eigenvalue weighted by Gasteiger charge is -2.13. The van der Waals surface area contributed by atoms with Crippen molar-refractivity contribution < 1.29 is 24.6 Å². The molecule has 0 rings (SSSR count). The van der Waals surface area contributed by atoms with Crippen LogP contribution in [-0.4, -0.2) is 47.2 Å². The summed E-state index contributed by atoms with van der Waals surface area (Å²) < 4.78 is 0. The maximum atomic E-state index is 11.4. The van der Waals surface area contributed by atoms with Crippen molar-refractivity contribution in [1.29, 1.82) is 0 Å². The number of rotatable bonds is 10. The highest BCUT2D eigenvalue weighted by atomic mass is 16.4. The summed E-state index contributed by atoms with van der Waals surface area (Å²) in [7, 11) is 0. The Kier molecular flexibility index (Phi) is 9.42. The van der Waals surface area contributed by atoms with E-state index in [0.717, 1.165) is 12.8 Å². The molecule has 0 saturated carbocycles. The fraction of sp³-hybridized carbons (Fsp3) is 0.750. The van der Waals surface area contributed by atoms with Gasteiger partial charge in [0.1, 0.15) is 6.04 Å². The molecule has 0 aliphatic rings. The van der Waals surface area contributed by atoms with Crippen molar-refractivity contribution in [3.05, 3.63) is 0 Å². The van der Waals surface area contributed by atoms with Crippen LogP contribution in [0, 0.1) is 0 Å². The molecule has 7 nitrogen and oxygen atoms in total. The zero-order valence-corrected chi connectivity index (χ0v) is 11.1. The minimum absolute atomic E-state index is 0.00358. The average molecular weight is 274 g/mol. The van der Waals surface area contributed by atoms with Gasteiger partial charge >= 0.3 is 5.97 Å². The molecule has 2 amide bonds. The molecule has 0 aliphatic heterocycles. The molecule has 1 atom stereocenters. The Morgan fingerprint density at radius 2 is 1.84 bits per heavy atom. The van der Waals surface area contributed by atoms with E-state index in [4.69, 9.17) is 10.2 Å². The highest BCUT2D eigenvalue weighted by Gasteiger charge is 2.18. The zero-order valence-electron chi connectivity index (χ0n) is 11.1. The average Bonchev–Trinajstić information content (AvgIpc) is 2.32. The maximum Gasteiger partial charge on any atom is 0.326 e. The Hall–Kier alpha value is -1.63. The molecule has 0 saturated heterocycles. The van der Waals surface area contributed by atoms with Crippen LogP contribution in [0.4, 0.5) is 0 Å². The van der Waals surface area contributed by atoms with Gasteiger partial charge in [0.2, 0.25) is 11.8 Å². The van der Waals surface area contributed by atoms with Gasteiger partial charge in [0.25, 0.3) is 0 Å². The summed E-state index contributed by atoms with van der Waals surface area (Å²) in [5, 5.41) is 22.5. The van der Waals surface area contributed by atoms with Crippen LogP contribution in [0.3, 0.4) is 0 Å². The number of hydrogen-bond acceptors (Lipinski definition) is 4. The van der Waals surface area contributed by atoms with Gasteiger partial charge in [0, 0.05) is 32.9 Å². The van der Waals surface area contributed by atoms with Crippen molar-refractivity contribution >= 4 is 17.8 Å². The van der Waals surface area contributed by atoms with Crippen LogP contribution >= 0.6 is 0 Å². The van der Waals surface area contributed by atoms with Crippen molar-refractivity contribution in [2.75, 3.05) is 13.2 Å². The van der Waals surface area contributed by atoms with E-state index in [0.29, 0.717) is 13.0 Å². The molecule has 0 heterocycles. The van der Waals surface area contributed by atoms with E-state index >= 15 is 0 Å². The van der Waals surface area contributed by atoms with Crippen LogP contribution in [0.2, 0.25) is 0 Å². The number of unbranched alkanes of at least 4 members (excludes halogenated alkanes) is 2. The van der Waals surface area contributed by atoms with E-state index in [1.807, 2.05) is 0 Å². The molecule has 19 heavy (non-hydrogen) atoms. The van der Waals surface area contributed by atoms with Gasteiger partial charge < -0.3 is 20.8 Å². The summed E-state index contributed by atoms with van der Waals surface area (Å²) in [6.07, 6.45) is 2.45. The molecule has 0 aliphatic carbocycles. The molecule has 0 radical (unpaired) electrons. The third kappa shape index (κ3) is 10.0. The first-order valence-corrected chi connectivity index (χ1v) is 6.34. The largest absolute Gasteiger partial charge is 0.480 e. The van der Waals surface area contributed by atoms with Gasteiger partial charge in [-0.15, -0.1) is 0 Å². The predicted molar refractivity (Wildman–Crippen MR) is 68.4 cm³/mol. The predicted octanol–water partition coefficient (Wildman–Crippen LogP) is -0.365. The molecule has 110 valence electrons. The van der Waals surface area contributed by atoms with E-state index < -0.39 is 12.0 Å². The van der Waals surface area contributed by atoms with Crippen LogP contribution in [0.1, 0.15) is 39.0 Å². The van der Waals surface area contributed by atoms with Gasteiger partial charge in [-0.2, -0.15) is 0 Å². The first-order chi connectivity index (χ1) is 8.97. The number of carbonyl (C=O) groups excluding carboxylic acids is 2. The number of nitrogens with one attached hydrogen (secondary N) is 2. The van der Waals surface area contributed by atoms with E-state index in [1.54, 1.807) is 0 Å². The number of carboxylic acids is 1. The summed E-state index contributed by atoms with van der Waals surface area (Å²) in [5.41, 5.74) is 0. The summed E-state index contributed by atoms with van der Waals surface area (Å²) in [5.74, 6) is -1.56. The second-order valence-corrected chi connectivity index (χ2v) is 4.26. The van der Waals surface area contributed by atoms with Crippen LogP contribution < -0.4 is 10.6 Å². The highest BCUT2D eigenvalue weighted by Crippen LogP contribution is 2.00. The summed E-state index contributed by atoms with van der Waals surface area (Å²) in [6, 6.07) is -1.03. The van der Waals surface area contributed by atoms with Gasteiger partial charge in [0.05, 0.1) is 0 Å². The summed E-state index contributed by atoms with van der Waals surface area (Å²) in [4.78, 5) is 32.8. The fourth-order valence-corrected chi connectivity index (χ4v) is 1.50. The lowest BCUT2D eigenvalue weighted by molar-refractivity contribution is -0.142. The fourth-order valence-electron chi connectivity index (χ4n) is 1.50. The van der Waals surface area contributed by atoms with E-state index in [-0.39, 0.29) is 31.3 Å². The van der Waals surface area contributed by atoms with Gasteiger partial charge in [-0.25, -0.2) is 4.79 Å². The second-order valence-electron chi connectivity index (χ2n) is 4.26. The SMILES string of the molecule is CC(=O)NCCCCCC(=O)N[C@H](CCO)C(=O)O. The third-order valence-corrected chi connectivity index (χ3v) is 2.51. The molecule has 0 fully saturated rings. The lowest BCUT2D eigenvalue weighted by atomic mass is 10.1. The standard InChI is InChI=1S/C12H22N2O5/c1-9(16)13-7-4-2-3-5-11(17)14-10(6-8-15)12(18)19/h10,15H,2-8H2,1H3,(H,13,16)(H,14,17)(H,18,19)/t10-/m1/s1. The number of hydrogen-bond donors (Lipinski definition) is 4. The first-order valence-electron chi connectivity index (χ1n) is 6.34. The maximum absolute atomic E-state index is 11.4. The van der Waals surface area contributed by atoms with E-state index in [9.17, 15) is 14.4 Å². The van der Waals surface area contributed by atoms with Crippen molar-refractivity contribution in [2.24, 2.45) is 0 Å². The van der Waals surface area contributed by atoms with Crippen molar-refractivity contribution in [3.8, 4) is 0 Å². The highest BCUT2D eigenvalue weighted by molar-refractivity contribution is 5.83. The molecule has 4 N–H and O–H groups in total. The smallest absolute Gasteiger partial charge is 0.326 e. The quantitative estimate of drug-likeness (QED) is 0.406. The number of carboxylic acid groups (broad SMARTS) is 1. The van der Waals surface area contributed by atoms with E-state index in [2.05, 4.69) is 10.6 Å².